The third kappa shape index (κ3) is 5.23. The zero-order valence-corrected chi connectivity index (χ0v) is 11.6. The highest BCUT2D eigenvalue weighted by Gasteiger charge is 2.14. The Morgan fingerprint density at radius 2 is 1.89 bits per heavy atom. The van der Waals surface area contributed by atoms with Gasteiger partial charge in [-0.25, -0.2) is 17.9 Å². The summed E-state index contributed by atoms with van der Waals surface area (Å²) in [5.41, 5.74) is 1.56. The molecule has 1 aromatic carbocycles. The minimum absolute atomic E-state index is 0.226. The predicted molar refractivity (Wildman–Crippen MR) is 74.0 cm³/mol. The molecule has 0 saturated carbocycles. The lowest BCUT2D eigenvalue weighted by Gasteiger charge is -2.09. The summed E-state index contributed by atoms with van der Waals surface area (Å²) < 4.78 is 25.6. The molecule has 0 heterocycles. The van der Waals surface area contributed by atoms with Gasteiger partial charge >= 0.3 is 5.97 Å². The minimum Gasteiger partial charge on any atom is -0.478 e. The Kier molecular flexibility index (Phi) is 5.26. The van der Waals surface area contributed by atoms with Crippen LogP contribution in [-0.4, -0.2) is 24.7 Å². The summed E-state index contributed by atoms with van der Waals surface area (Å²) >= 11 is 0. The highest BCUT2D eigenvalue weighted by molar-refractivity contribution is 7.90. The topological polar surface area (TPSA) is 83.5 Å². The van der Waals surface area contributed by atoms with Crippen molar-refractivity contribution >= 4 is 22.1 Å². The molecule has 104 valence electrons. The molecule has 0 aliphatic rings. The summed E-state index contributed by atoms with van der Waals surface area (Å²) in [6, 6.07) is 6.98. The van der Waals surface area contributed by atoms with Crippen LogP contribution in [0.5, 0.6) is 0 Å². The van der Waals surface area contributed by atoms with Crippen LogP contribution in [0.1, 0.15) is 25.0 Å². The monoisotopic (exact) mass is 283 g/mol. The highest BCUT2D eigenvalue weighted by atomic mass is 32.2. The number of benzene rings is 1. The van der Waals surface area contributed by atoms with Crippen LogP contribution in [0.25, 0.3) is 6.08 Å². The molecule has 0 bridgehead atoms. The summed E-state index contributed by atoms with van der Waals surface area (Å²) in [6.45, 7) is 3.45. The maximum Gasteiger partial charge on any atom is 0.328 e. The number of carbonyl (C=O) groups is 1. The minimum atomic E-state index is -3.27. The normalized spacial score (nSPS) is 12.2. The highest BCUT2D eigenvalue weighted by Crippen LogP contribution is 2.07. The van der Waals surface area contributed by atoms with Gasteiger partial charge in [-0.3, -0.25) is 0 Å². The smallest absolute Gasteiger partial charge is 0.328 e. The average molecular weight is 283 g/mol. The molecule has 0 radical (unpaired) electrons. The first kappa shape index (κ1) is 15.4. The third-order valence-corrected chi connectivity index (χ3v) is 4.28. The lowest BCUT2D eigenvalue weighted by Crippen LogP contribution is -2.30. The Bertz CT molecular complexity index is 559. The number of sulfonamides is 1. The number of nitrogens with one attached hydrogen (secondary N) is 1. The zero-order chi connectivity index (χ0) is 14.5. The van der Waals surface area contributed by atoms with Gasteiger partial charge in [0.1, 0.15) is 0 Å². The van der Waals surface area contributed by atoms with E-state index in [1.165, 1.54) is 6.08 Å². The van der Waals surface area contributed by atoms with Gasteiger partial charge in [-0.1, -0.05) is 24.3 Å². The fraction of sp³-hybridized carbons (Fsp3) is 0.308. The number of rotatable bonds is 6. The molecule has 0 aliphatic carbocycles. The Morgan fingerprint density at radius 3 is 2.37 bits per heavy atom. The second-order valence-corrected chi connectivity index (χ2v) is 6.65. The van der Waals surface area contributed by atoms with Crippen LogP contribution in [0.4, 0.5) is 0 Å². The Labute approximate surface area is 113 Å². The molecule has 0 fully saturated rings. The maximum absolute atomic E-state index is 11.6. The Hall–Kier alpha value is -1.66. The molecule has 0 atom stereocenters. The molecule has 0 spiro atoms. The SMILES string of the molecule is CC(C)S(=O)(=O)NCc1ccc(C=CC(=O)O)cc1. The number of hydrogen-bond donors (Lipinski definition) is 2. The first-order valence-corrected chi connectivity index (χ1v) is 7.34. The summed E-state index contributed by atoms with van der Waals surface area (Å²) in [4.78, 5) is 10.4. The van der Waals surface area contributed by atoms with Crippen molar-refractivity contribution in [2.45, 2.75) is 25.6 Å². The third-order valence-electron chi connectivity index (χ3n) is 2.50. The fourth-order valence-corrected chi connectivity index (χ4v) is 1.97. The number of hydrogen-bond acceptors (Lipinski definition) is 3. The van der Waals surface area contributed by atoms with E-state index in [2.05, 4.69) is 4.72 Å². The van der Waals surface area contributed by atoms with Gasteiger partial charge in [0.15, 0.2) is 0 Å². The van der Waals surface area contributed by atoms with Crippen LogP contribution in [0.15, 0.2) is 30.3 Å². The molecule has 6 heteroatoms. The molecule has 0 aromatic heterocycles. The van der Waals surface area contributed by atoms with E-state index in [4.69, 9.17) is 5.11 Å². The van der Waals surface area contributed by atoms with E-state index in [0.717, 1.165) is 17.2 Å². The van der Waals surface area contributed by atoms with Crippen molar-refractivity contribution in [2.24, 2.45) is 0 Å². The van der Waals surface area contributed by atoms with E-state index in [-0.39, 0.29) is 6.54 Å². The van der Waals surface area contributed by atoms with E-state index in [1.807, 2.05) is 0 Å². The molecule has 0 amide bonds. The average Bonchev–Trinajstić information content (AvgIpc) is 2.35. The van der Waals surface area contributed by atoms with Crippen molar-refractivity contribution < 1.29 is 18.3 Å². The van der Waals surface area contributed by atoms with Gasteiger partial charge in [0.2, 0.25) is 10.0 Å². The predicted octanol–water partition coefficient (Wildman–Crippen LogP) is 1.61. The summed E-state index contributed by atoms with van der Waals surface area (Å²) in [5.74, 6) is -1.01. The fourth-order valence-electron chi connectivity index (χ4n) is 1.26. The van der Waals surface area contributed by atoms with Gasteiger partial charge in [0.25, 0.3) is 0 Å². The lowest BCUT2D eigenvalue weighted by atomic mass is 10.1. The molecule has 5 nitrogen and oxygen atoms in total. The quantitative estimate of drug-likeness (QED) is 0.777. The molecule has 1 rings (SSSR count). The summed E-state index contributed by atoms with van der Waals surface area (Å²) in [7, 11) is -3.27. The van der Waals surface area contributed by atoms with Crippen LogP contribution < -0.4 is 4.72 Å². The van der Waals surface area contributed by atoms with Crippen LogP contribution in [0.2, 0.25) is 0 Å². The summed E-state index contributed by atoms with van der Waals surface area (Å²) in [5, 5.41) is 8.02. The molecule has 0 unspecified atom stereocenters. The first-order chi connectivity index (χ1) is 8.81. The zero-order valence-electron chi connectivity index (χ0n) is 10.8. The van der Waals surface area contributed by atoms with E-state index >= 15 is 0 Å². The standard InChI is InChI=1S/C13H17NO4S/c1-10(2)19(17,18)14-9-12-5-3-11(4-6-12)7-8-13(15)16/h3-8,10,14H,9H2,1-2H3,(H,15,16). The van der Waals surface area contributed by atoms with Gasteiger partial charge in [-0.2, -0.15) is 0 Å². The Morgan fingerprint density at radius 1 is 1.32 bits per heavy atom. The van der Waals surface area contributed by atoms with E-state index in [9.17, 15) is 13.2 Å². The lowest BCUT2D eigenvalue weighted by molar-refractivity contribution is -0.131. The van der Waals surface area contributed by atoms with Crippen molar-refractivity contribution in [1.29, 1.82) is 0 Å². The summed E-state index contributed by atoms with van der Waals surface area (Å²) in [6.07, 6.45) is 2.53. The molecule has 0 saturated heterocycles. The van der Waals surface area contributed by atoms with E-state index in [0.29, 0.717) is 0 Å². The van der Waals surface area contributed by atoms with Gasteiger partial charge in [-0.05, 0) is 31.1 Å². The van der Waals surface area contributed by atoms with Crippen molar-refractivity contribution in [3.05, 3.63) is 41.5 Å². The molecule has 2 N–H and O–H groups in total. The van der Waals surface area contributed by atoms with Crippen LogP contribution in [-0.2, 0) is 21.4 Å². The maximum atomic E-state index is 11.6. The van der Waals surface area contributed by atoms with Crippen LogP contribution in [0.3, 0.4) is 0 Å². The van der Waals surface area contributed by atoms with Crippen LogP contribution in [0, 0.1) is 0 Å². The Balaban J connectivity index is 2.65. The molecule has 1 aromatic rings. The largest absolute Gasteiger partial charge is 0.478 e. The molecular formula is C13H17NO4S. The number of carboxylic acids is 1. The molecule has 0 aliphatic heterocycles. The van der Waals surface area contributed by atoms with Gasteiger partial charge in [-0.15, -0.1) is 0 Å². The van der Waals surface area contributed by atoms with Gasteiger partial charge < -0.3 is 5.11 Å². The van der Waals surface area contributed by atoms with Crippen molar-refractivity contribution in [3.8, 4) is 0 Å². The van der Waals surface area contributed by atoms with Gasteiger partial charge in [0.05, 0.1) is 5.25 Å². The number of carboxylic acid groups (broad SMARTS) is 1. The number of aliphatic carboxylic acids is 1. The first-order valence-electron chi connectivity index (χ1n) is 5.79. The van der Waals surface area contributed by atoms with Gasteiger partial charge in [0, 0.05) is 12.6 Å². The van der Waals surface area contributed by atoms with Crippen molar-refractivity contribution in [2.75, 3.05) is 0 Å². The second kappa shape index (κ2) is 6.49. The van der Waals surface area contributed by atoms with Crippen molar-refractivity contribution in [3.63, 3.8) is 0 Å². The van der Waals surface area contributed by atoms with Crippen molar-refractivity contribution in [1.82, 2.24) is 4.72 Å². The van der Waals surface area contributed by atoms with E-state index < -0.39 is 21.2 Å². The molecule has 19 heavy (non-hydrogen) atoms. The molecular weight excluding hydrogens is 266 g/mol. The second-order valence-electron chi connectivity index (χ2n) is 4.33. The van der Waals surface area contributed by atoms with E-state index in [1.54, 1.807) is 38.1 Å². The van der Waals surface area contributed by atoms with Crippen LogP contribution >= 0.6 is 0 Å².